The molecule has 0 aliphatic heterocycles. The van der Waals surface area contributed by atoms with Crippen molar-refractivity contribution in [3.63, 3.8) is 0 Å². The second-order valence-corrected chi connectivity index (χ2v) is 6.79. The van der Waals surface area contributed by atoms with Crippen molar-refractivity contribution in [2.45, 2.75) is 18.7 Å². The highest BCUT2D eigenvalue weighted by atomic mass is 32.2. The third-order valence-corrected chi connectivity index (χ3v) is 5.10. The largest absolute Gasteiger partial charge is 0.358 e. The summed E-state index contributed by atoms with van der Waals surface area (Å²) in [7, 11) is -1.13. The number of benzene rings is 1. The van der Waals surface area contributed by atoms with E-state index in [1.54, 1.807) is 19.1 Å². The highest BCUT2D eigenvalue weighted by molar-refractivity contribution is 7.89. The molecule has 2 amide bonds. The first kappa shape index (κ1) is 18.1. The summed E-state index contributed by atoms with van der Waals surface area (Å²) in [5.74, 6) is -0.977. The molecule has 1 aromatic rings. The summed E-state index contributed by atoms with van der Waals surface area (Å²) in [5.41, 5.74) is 1.50. The smallest absolute Gasteiger partial charge is 0.244 e. The molecule has 0 aromatic heterocycles. The van der Waals surface area contributed by atoms with E-state index >= 15 is 0 Å². The van der Waals surface area contributed by atoms with Crippen LogP contribution in [0.15, 0.2) is 23.1 Å². The van der Waals surface area contributed by atoms with Crippen LogP contribution in [0.3, 0.4) is 0 Å². The molecule has 0 unspecified atom stereocenters. The summed E-state index contributed by atoms with van der Waals surface area (Å²) in [6.07, 6.45) is 0. The monoisotopic (exact) mass is 327 g/mol. The van der Waals surface area contributed by atoms with Gasteiger partial charge < -0.3 is 10.6 Å². The van der Waals surface area contributed by atoms with Gasteiger partial charge in [-0.25, -0.2) is 8.42 Å². The second-order valence-electron chi connectivity index (χ2n) is 4.89. The van der Waals surface area contributed by atoms with Crippen LogP contribution in [0.4, 0.5) is 0 Å². The number of rotatable bonds is 6. The summed E-state index contributed by atoms with van der Waals surface area (Å²) in [6.45, 7) is 2.70. The van der Waals surface area contributed by atoms with Crippen molar-refractivity contribution >= 4 is 21.8 Å². The summed E-state index contributed by atoms with van der Waals surface area (Å²) < 4.78 is 26.3. The van der Waals surface area contributed by atoms with E-state index in [1.807, 2.05) is 6.92 Å². The maximum absolute atomic E-state index is 12.7. The van der Waals surface area contributed by atoms with Crippen molar-refractivity contribution in [3.05, 3.63) is 29.3 Å². The lowest BCUT2D eigenvalue weighted by atomic mass is 10.2. The lowest BCUT2D eigenvalue weighted by Crippen LogP contribution is -2.44. The molecule has 122 valence electrons. The number of aryl methyl sites for hydroxylation is 2. The predicted octanol–water partition coefficient (Wildman–Crippen LogP) is -0.214. The summed E-state index contributed by atoms with van der Waals surface area (Å²) in [6, 6.07) is 4.91. The molecule has 22 heavy (non-hydrogen) atoms. The van der Waals surface area contributed by atoms with Gasteiger partial charge >= 0.3 is 0 Å². The number of carbonyl (C=O) groups is 2. The number of amides is 2. The average Bonchev–Trinajstić information content (AvgIpc) is 2.45. The van der Waals surface area contributed by atoms with Gasteiger partial charge in [0.1, 0.15) is 0 Å². The molecule has 0 aliphatic carbocycles. The number of sulfonamides is 1. The SMILES string of the molecule is CNC(=O)CN(CC(=O)NC)S(=O)(=O)c1ccc(C)cc1C. The van der Waals surface area contributed by atoms with Crippen molar-refractivity contribution in [2.24, 2.45) is 0 Å². The van der Waals surface area contributed by atoms with Crippen molar-refractivity contribution in [1.29, 1.82) is 0 Å². The fourth-order valence-corrected chi connectivity index (χ4v) is 3.49. The summed E-state index contributed by atoms with van der Waals surface area (Å²) in [4.78, 5) is 23.2. The van der Waals surface area contributed by atoms with Crippen LogP contribution in [-0.2, 0) is 19.6 Å². The van der Waals surface area contributed by atoms with Gasteiger partial charge in [0.25, 0.3) is 0 Å². The molecular formula is C14H21N3O4S. The van der Waals surface area contributed by atoms with E-state index in [0.29, 0.717) is 5.56 Å². The molecule has 0 bridgehead atoms. The maximum Gasteiger partial charge on any atom is 0.244 e. The van der Waals surface area contributed by atoms with E-state index in [9.17, 15) is 18.0 Å². The lowest BCUT2D eigenvalue weighted by molar-refractivity contribution is -0.122. The van der Waals surface area contributed by atoms with Gasteiger partial charge in [0.2, 0.25) is 21.8 Å². The molecule has 1 rings (SSSR count). The summed E-state index contributed by atoms with van der Waals surface area (Å²) >= 11 is 0. The van der Waals surface area contributed by atoms with Crippen LogP contribution in [0.2, 0.25) is 0 Å². The third kappa shape index (κ3) is 4.28. The van der Waals surface area contributed by atoms with Gasteiger partial charge in [0.05, 0.1) is 18.0 Å². The van der Waals surface area contributed by atoms with Crippen LogP contribution in [0.25, 0.3) is 0 Å². The zero-order valence-electron chi connectivity index (χ0n) is 13.1. The minimum absolute atomic E-state index is 0.0888. The molecule has 0 saturated carbocycles. The molecule has 8 heteroatoms. The Labute approximate surface area is 130 Å². The minimum atomic E-state index is -3.95. The van der Waals surface area contributed by atoms with E-state index in [4.69, 9.17) is 0 Å². The van der Waals surface area contributed by atoms with Crippen molar-refractivity contribution in [2.75, 3.05) is 27.2 Å². The van der Waals surface area contributed by atoms with Gasteiger partial charge in [-0.2, -0.15) is 4.31 Å². The Hall–Kier alpha value is -1.93. The molecule has 1 aromatic carbocycles. The summed E-state index contributed by atoms with van der Waals surface area (Å²) in [5, 5.41) is 4.71. The number of hydrogen-bond donors (Lipinski definition) is 2. The molecule has 0 saturated heterocycles. The van der Waals surface area contributed by atoms with Crippen LogP contribution in [0, 0.1) is 13.8 Å². The van der Waals surface area contributed by atoms with Gasteiger partial charge in [-0.3, -0.25) is 9.59 Å². The second kappa shape index (κ2) is 7.37. The number of nitrogens with one attached hydrogen (secondary N) is 2. The lowest BCUT2D eigenvalue weighted by Gasteiger charge is -2.21. The molecule has 0 fully saturated rings. The van der Waals surface area contributed by atoms with E-state index in [2.05, 4.69) is 10.6 Å². The Bertz CT molecular complexity index is 653. The maximum atomic E-state index is 12.7. The average molecular weight is 327 g/mol. The van der Waals surface area contributed by atoms with Gasteiger partial charge in [-0.05, 0) is 25.5 Å². The van der Waals surface area contributed by atoms with Crippen LogP contribution in [0.5, 0.6) is 0 Å². The molecule has 0 radical (unpaired) electrons. The van der Waals surface area contributed by atoms with Crippen LogP contribution in [-0.4, -0.2) is 51.7 Å². The highest BCUT2D eigenvalue weighted by Crippen LogP contribution is 2.20. The Morgan fingerprint density at radius 1 is 1.05 bits per heavy atom. The third-order valence-electron chi connectivity index (χ3n) is 3.15. The quantitative estimate of drug-likeness (QED) is 0.755. The Balaban J connectivity index is 3.25. The Morgan fingerprint density at radius 2 is 1.55 bits per heavy atom. The zero-order chi connectivity index (χ0) is 16.9. The molecular weight excluding hydrogens is 306 g/mol. The van der Waals surface area contributed by atoms with Gasteiger partial charge in [-0.1, -0.05) is 17.7 Å². The van der Waals surface area contributed by atoms with Crippen LogP contribution in [0.1, 0.15) is 11.1 Å². The number of carbonyl (C=O) groups excluding carboxylic acids is 2. The molecule has 7 nitrogen and oxygen atoms in total. The Kier molecular flexibility index (Phi) is 6.07. The van der Waals surface area contributed by atoms with Gasteiger partial charge in [0.15, 0.2) is 0 Å². The van der Waals surface area contributed by atoms with Crippen LogP contribution < -0.4 is 10.6 Å². The zero-order valence-corrected chi connectivity index (χ0v) is 14.0. The van der Waals surface area contributed by atoms with E-state index in [1.165, 1.54) is 20.2 Å². The molecule has 0 spiro atoms. The normalized spacial score (nSPS) is 11.3. The fraction of sp³-hybridized carbons (Fsp3) is 0.429. The van der Waals surface area contributed by atoms with E-state index in [0.717, 1.165) is 9.87 Å². The van der Waals surface area contributed by atoms with Crippen molar-refractivity contribution in [1.82, 2.24) is 14.9 Å². The Morgan fingerprint density at radius 3 is 1.95 bits per heavy atom. The van der Waals surface area contributed by atoms with Gasteiger partial charge in [0, 0.05) is 14.1 Å². The first-order valence-corrected chi connectivity index (χ1v) is 8.15. The number of likely N-dealkylation sites (N-methyl/N-ethyl adjacent to an activating group) is 2. The molecule has 0 aliphatic rings. The standard InChI is InChI=1S/C14H21N3O4S/c1-10-5-6-12(11(2)7-10)22(20,21)17(8-13(18)15-3)9-14(19)16-4/h5-7H,8-9H2,1-4H3,(H,15,18)(H,16,19). The van der Waals surface area contributed by atoms with E-state index < -0.39 is 34.9 Å². The van der Waals surface area contributed by atoms with Crippen molar-refractivity contribution < 1.29 is 18.0 Å². The van der Waals surface area contributed by atoms with E-state index in [-0.39, 0.29) is 4.90 Å². The molecule has 0 heterocycles. The molecule has 2 N–H and O–H groups in total. The van der Waals surface area contributed by atoms with Crippen LogP contribution >= 0.6 is 0 Å². The predicted molar refractivity (Wildman–Crippen MR) is 82.8 cm³/mol. The first-order valence-electron chi connectivity index (χ1n) is 6.71. The fourth-order valence-electron chi connectivity index (χ4n) is 1.93. The molecule has 0 atom stereocenters. The minimum Gasteiger partial charge on any atom is -0.358 e. The topological polar surface area (TPSA) is 95.6 Å². The number of hydrogen-bond acceptors (Lipinski definition) is 4. The number of nitrogens with zero attached hydrogens (tertiary/aromatic N) is 1. The van der Waals surface area contributed by atoms with Crippen molar-refractivity contribution in [3.8, 4) is 0 Å². The highest BCUT2D eigenvalue weighted by Gasteiger charge is 2.29. The van der Waals surface area contributed by atoms with Gasteiger partial charge in [-0.15, -0.1) is 0 Å². The first-order chi connectivity index (χ1) is 10.2.